The molecule has 0 bridgehead atoms. The Bertz CT molecular complexity index is 1870. The Balaban J connectivity index is 1.32. The van der Waals surface area contributed by atoms with Crippen LogP contribution in [0, 0.1) is 0 Å². The summed E-state index contributed by atoms with van der Waals surface area (Å²) in [5.74, 6) is -1.55. The van der Waals surface area contributed by atoms with Crippen molar-refractivity contribution in [2.45, 2.75) is 55.3 Å². The number of benzene rings is 3. The number of carbonyl (C=O) groups excluding carboxylic acids is 1. The number of carbonyl (C=O) groups is 1. The van der Waals surface area contributed by atoms with Crippen molar-refractivity contribution < 1.29 is 73.7 Å². The summed E-state index contributed by atoms with van der Waals surface area (Å²) in [6.45, 7) is -1.05. The van der Waals surface area contributed by atoms with Crippen LogP contribution in [0.15, 0.2) is 82.0 Å². The number of fused-ring (bicyclic) bond motifs is 1. The van der Waals surface area contributed by atoms with Gasteiger partial charge in [-0.1, -0.05) is 12.1 Å². The summed E-state index contributed by atoms with van der Waals surface area (Å²) in [4.78, 5) is 24.7. The molecule has 1 aliphatic carbocycles. The highest BCUT2D eigenvalue weighted by atomic mass is 16.8. The molecular formula is C35H34O16. The van der Waals surface area contributed by atoms with Gasteiger partial charge >= 0.3 is 5.97 Å². The number of rotatable bonds is 9. The van der Waals surface area contributed by atoms with Crippen molar-refractivity contribution in [1.82, 2.24) is 0 Å². The Morgan fingerprint density at radius 2 is 1.51 bits per heavy atom. The minimum absolute atomic E-state index is 0.0281. The maximum atomic E-state index is 12.5. The van der Waals surface area contributed by atoms with Gasteiger partial charge in [-0.15, -0.1) is 0 Å². The molecule has 0 unspecified atom stereocenters. The number of esters is 1. The molecule has 0 amide bonds. The molecule has 4 aliphatic rings. The molecule has 0 radical (unpaired) electrons. The van der Waals surface area contributed by atoms with Gasteiger partial charge in [0.25, 0.3) is 0 Å². The van der Waals surface area contributed by atoms with E-state index >= 15 is 0 Å². The number of ether oxygens (including phenoxy) is 5. The fourth-order valence-electron chi connectivity index (χ4n) is 5.50. The molecule has 16 heteroatoms. The average Bonchev–Trinajstić information content (AvgIpc) is 3.10. The lowest BCUT2D eigenvalue weighted by Gasteiger charge is -2.44. The summed E-state index contributed by atoms with van der Waals surface area (Å²) in [6, 6.07) is 15.0. The highest BCUT2D eigenvalue weighted by Gasteiger charge is 2.50. The summed E-state index contributed by atoms with van der Waals surface area (Å²) >= 11 is 0. The molecule has 6 rings (SSSR count). The first-order chi connectivity index (χ1) is 24.4. The normalized spacial score (nSPS) is 28.1. The summed E-state index contributed by atoms with van der Waals surface area (Å²) in [6.07, 6.45) is -12.6. The predicted molar refractivity (Wildman–Crippen MR) is 172 cm³/mol. The molecule has 0 aromatic heterocycles. The molecule has 3 heterocycles. The fraction of sp³-hybridized carbons (Fsp3) is 0.314. The second-order valence-electron chi connectivity index (χ2n) is 11.9. The molecule has 9 atom stereocenters. The van der Waals surface area contributed by atoms with E-state index in [-0.39, 0.29) is 34.3 Å². The summed E-state index contributed by atoms with van der Waals surface area (Å²) in [7, 11) is 0. The summed E-state index contributed by atoms with van der Waals surface area (Å²) in [5, 5.41) is 82.9. The molecule has 8 N–H and O–H groups in total. The minimum Gasteiger partial charge on any atom is -0.508 e. The third-order valence-electron chi connectivity index (χ3n) is 8.26. The topological polar surface area (TPSA) is 255 Å². The molecule has 2 fully saturated rings. The quantitative estimate of drug-likeness (QED) is 0.0866. The lowest BCUT2D eigenvalue weighted by Crippen LogP contribution is -2.64. The fourth-order valence-corrected chi connectivity index (χ4v) is 5.50. The van der Waals surface area contributed by atoms with Gasteiger partial charge in [-0.2, -0.15) is 0 Å². The van der Waals surface area contributed by atoms with E-state index in [2.05, 4.69) is 0 Å². The van der Waals surface area contributed by atoms with Crippen molar-refractivity contribution in [3.63, 3.8) is 0 Å². The largest absolute Gasteiger partial charge is 0.508 e. The number of hydrogen-bond acceptors (Lipinski definition) is 16. The van der Waals surface area contributed by atoms with Gasteiger partial charge in [0.05, 0.1) is 12.2 Å². The number of phenolic OH excluding ortho intramolecular Hbond substituents is 3. The Morgan fingerprint density at radius 1 is 0.824 bits per heavy atom. The van der Waals surface area contributed by atoms with Crippen molar-refractivity contribution in [1.29, 1.82) is 0 Å². The lowest BCUT2D eigenvalue weighted by molar-refractivity contribution is -0.345. The van der Waals surface area contributed by atoms with Crippen LogP contribution < -0.4 is 10.2 Å². The highest BCUT2D eigenvalue weighted by Crippen LogP contribution is 2.42. The molecule has 270 valence electrons. The van der Waals surface area contributed by atoms with Crippen LogP contribution in [0.4, 0.5) is 0 Å². The zero-order valence-electron chi connectivity index (χ0n) is 26.5. The van der Waals surface area contributed by atoms with Crippen LogP contribution in [0.2, 0.25) is 0 Å². The Labute approximate surface area is 288 Å². The molecule has 16 nitrogen and oxygen atoms in total. The highest BCUT2D eigenvalue weighted by molar-refractivity contribution is 5.87. The molecule has 2 aromatic carbocycles. The van der Waals surface area contributed by atoms with Gasteiger partial charge in [0.2, 0.25) is 6.29 Å². The molecule has 3 aliphatic heterocycles. The Kier molecular flexibility index (Phi) is 10.6. The first kappa shape index (κ1) is 35.8. The summed E-state index contributed by atoms with van der Waals surface area (Å²) < 4.78 is 34.5. The number of aromatic hydroxyl groups is 3. The Hall–Kier alpha value is -5.04. The molecule has 0 spiro atoms. The third kappa shape index (κ3) is 7.98. The standard InChI is InChI=1S/C35H34O16/c36-18-6-1-16(2-7-18)3-10-27(41)46-15-26-29(43)30(44)33(51-34-31(45)28(42)23(40)14-47-34)35(50-26)49-25-13-21-22(39)11-20(38)12-24(21)48-32(25)17-4-8-19(37)9-5-17/h1-13,23,26,28-31,33-37,39-40,42-45H,14-15H2/b10-3+/t23-,26-,28+,29-,30+,31-,33-,34+,35-/m1/s1. The van der Waals surface area contributed by atoms with Crippen LogP contribution >= 0.6 is 0 Å². The lowest BCUT2D eigenvalue weighted by atomic mass is 9.98. The maximum absolute atomic E-state index is 12.5. The van der Waals surface area contributed by atoms with Crippen molar-refractivity contribution in [2.75, 3.05) is 13.2 Å². The smallest absolute Gasteiger partial charge is 0.330 e. The molecule has 2 aromatic rings. The molecule has 2 saturated heterocycles. The first-order valence-electron chi connectivity index (χ1n) is 15.6. The van der Waals surface area contributed by atoms with Gasteiger partial charge in [0.15, 0.2) is 29.3 Å². The second kappa shape index (κ2) is 15.1. The van der Waals surface area contributed by atoms with Crippen LogP contribution in [0.25, 0.3) is 28.7 Å². The zero-order chi connectivity index (χ0) is 36.4. The van der Waals surface area contributed by atoms with Crippen LogP contribution in [0.1, 0.15) is 5.56 Å². The SMILES string of the molecule is O=C(/C=C/c1ccc(O)cc1)OC[C@H]1O[C@@H](Oc2cc3c(O)cc(=O)cc-3oc2-c2ccc(O)cc2)[C@H](O[C@@H]2OC[C@@H](O)[C@H](O)[C@H]2O)[C@@H](O)[C@@H]1O. The van der Waals surface area contributed by atoms with Crippen LogP contribution in [-0.4, -0.2) is 115 Å². The van der Waals surface area contributed by atoms with E-state index in [0.29, 0.717) is 11.1 Å². The van der Waals surface area contributed by atoms with Crippen molar-refractivity contribution >= 4 is 12.0 Å². The third-order valence-corrected chi connectivity index (χ3v) is 8.26. The minimum atomic E-state index is -1.87. The van der Waals surface area contributed by atoms with Crippen LogP contribution in [0.3, 0.4) is 0 Å². The molecule has 0 saturated carbocycles. The van der Waals surface area contributed by atoms with Crippen molar-refractivity contribution in [3.8, 4) is 45.6 Å². The van der Waals surface area contributed by atoms with E-state index in [1.165, 1.54) is 48.5 Å². The first-order valence-corrected chi connectivity index (χ1v) is 15.6. The van der Waals surface area contributed by atoms with E-state index in [9.17, 15) is 50.4 Å². The van der Waals surface area contributed by atoms with Crippen LogP contribution in [0.5, 0.6) is 23.0 Å². The van der Waals surface area contributed by atoms with Gasteiger partial charge < -0.3 is 69.0 Å². The van der Waals surface area contributed by atoms with E-state index in [4.69, 9.17) is 28.1 Å². The van der Waals surface area contributed by atoms with Gasteiger partial charge in [-0.25, -0.2) is 4.79 Å². The van der Waals surface area contributed by atoms with E-state index in [0.717, 1.165) is 18.2 Å². The van der Waals surface area contributed by atoms with Crippen molar-refractivity contribution in [3.05, 3.63) is 88.6 Å². The maximum Gasteiger partial charge on any atom is 0.330 e. The predicted octanol–water partition coefficient (Wildman–Crippen LogP) is 0.435. The van der Waals surface area contributed by atoms with Gasteiger partial charge in [0.1, 0.15) is 66.2 Å². The van der Waals surface area contributed by atoms with Crippen LogP contribution in [-0.2, 0) is 23.7 Å². The summed E-state index contributed by atoms with van der Waals surface area (Å²) in [5.41, 5.74) is 0.386. The van der Waals surface area contributed by atoms with E-state index in [1.807, 2.05) is 0 Å². The van der Waals surface area contributed by atoms with Gasteiger partial charge in [-0.3, -0.25) is 4.79 Å². The number of aliphatic hydroxyl groups excluding tert-OH is 5. The van der Waals surface area contributed by atoms with Crippen molar-refractivity contribution in [2.24, 2.45) is 0 Å². The number of hydrogen-bond donors (Lipinski definition) is 8. The van der Waals surface area contributed by atoms with E-state index < -0.39 is 85.7 Å². The second-order valence-corrected chi connectivity index (χ2v) is 11.9. The van der Waals surface area contributed by atoms with Gasteiger partial charge in [-0.05, 0) is 54.1 Å². The number of aliphatic hydroxyl groups is 5. The van der Waals surface area contributed by atoms with Gasteiger partial charge in [0, 0.05) is 23.8 Å². The molecular weight excluding hydrogens is 676 g/mol. The molecule has 51 heavy (non-hydrogen) atoms. The number of phenols is 3. The zero-order valence-corrected chi connectivity index (χ0v) is 26.5. The Morgan fingerprint density at radius 3 is 2.22 bits per heavy atom. The monoisotopic (exact) mass is 710 g/mol. The van der Waals surface area contributed by atoms with E-state index in [1.54, 1.807) is 12.1 Å². The average molecular weight is 711 g/mol.